The van der Waals surface area contributed by atoms with Crippen LogP contribution in [-0.2, 0) is 32.8 Å². The van der Waals surface area contributed by atoms with Gasteiger partial charge in [-0.25, -0.2) is 9.78 Å². The molecular weight excluding hydrogens is 542 g/mol. The van der Waals surface area contributed by atoms with Gasteiger partial charge in [0.05, 0.1) is 18.6 Å². The van der Waals surface area contributed by atoms with Gasteiger partial charge in [0.2, 0.25) is 11.8 Å². The Bertz CT molecular complexity index is 1310. The molecule has 9 heteroatoms. The molecule has 0 aliphatic heterocycles. The van der Waals surface area contributed by atoms with E-state index in [-0.39, 0.29) is 36.8 Å². The maximum absolute atomic E-state index is 14.1. The highest BCUT2D eigenvalue weighted by Gasteiger charge is 2.39. The fraction of sp³-hybridized carbons (Fsp3) is 0.471. The first kappa shape index (κ1) is 30.3. The van der Waals surface area contributed by atoms with Crippen molar-refractivity contribution in [2.75, 3.05) is 19.6 Å². The Morgan fingerprint density at radius 1 is 0.977 bits per heavy atom. The van der Waals surface area contributed by atoms with Gasteiger partial charge >= 0.3 is 6.09 Å². The van der Waals surface area contributed by atoms with E-state index in [1.54, 1.807) is 17.4 Å². The Morgan fingerprint density at radius 2 is 1.70 bits per heavy atom. The van der Waals surface area contributed by atoms with Crippen molar-refractivity contribution in [1.82, 2.24) is 25.5 Å². The van der Waals surface area contributed by atoms with Crippen LogP contribution in [0.2, 0.25) is 0 Å². The van der Waals surface area contributed by atoms with E-state index in [4.69, 9.17) is 4.74 Å². The summed E-state index contributed by atoms with van der Waals surface area (Å²) in [4.78, 5) is 49.2. The molecule has 1 atom stereocenters. The summed E-state index contributed by atoms with van der Waals surface area (Å²) in [6, 6.07) is 18.8. The summed E-state index contributed by atoms with van der Waals surface area (Å²) < 4.78 is 5.45. The second kappa shape index (κ2) is 14.8. The number of imidazole rings is 1. The summed E-state index contributed by atoms with van der Waals surface area (Å²) >= 11 is 0. The molecule has 3 aromatic rings. The number of amides is 3. The molecule has 0 unspecified atom stereocenters. The van der Waals surface area contributed by atoms with E-state index in [0.29, 0.717) is 24.7 Å². The van der Waals surface area contributed by atoms with Crippen molar-refractivity contribution in [3.63, 3.8) is 0 Å². The third-order valence-corrected chi connectivity index (χ3v) is 8.94. The standard InChI is InChI=1S/C34H43N5O4/c40-31(36-24-34(17-10-18-34)28-15-8-3-9-16-28)22-39(21-26-11-4-1-5-12-26)32(41)30(19-29-20-35-25-37-29)38-33(42)43-23-27-13-6-2-7-14-27/h2-3,6-9,13-16,20,25-26,30H,1,4-5,10-12,17-19,21-24H2,(H,35,37)(H,36,40)(H,38,42)/t30-/m0/s1. The zero-order valence-corrected chi connectivity index (χ0v) is 24.8. The van der Waals surface area contributed by atoms with Crippen LogP contribution in [0.1, 0.15) is 68.2 Å². The summed E-state index contributed by atoms with van der Waals surface area (Å²) in [7, 11) is 0. The van der Waals surface area contributed by atoms with Crippen molar-refractivity contribution < 1.29 is 19.1 Å². The van der Waals surface area contributed by atoms with Crippen LogP contribution >= 0.6 is 0 Å². The molecule has 2 fully saturated rings. The van der Waals surface area contributed by atoms with Gasteiger partial charge in [-0.1, -0.05) is 86.3 Å². The highest BCUT2D eigenvalue weighted by Crippen LogP contribution is 2.43. The van der Waals surface area contributed by atoms with Crippen LogP contribution in [0, 0.1) is 5.92 Å². The first-order valence-corrected chi connectivity index (χ1v) is 15.6. The molecule has 2 aliphatic rings. The van der Waals surface area contributed by atoms with Crippen LogP contribution in [0.4, 0.5) is 4.79 Å². The van der Waals surface area contributed by atoms with E-state index in [1.165, 1.54) is 12.0 Å². The second-order valence-electron chi connectivity index (χ2n) is 12.0. The summed E-state index contributed by atoms with van der Waals surface area (Å²) in [5, 5.41) is 5.92. The van der Waals surface area contributed by atoms with E-state index >= 15 is 0 Å². The lowest BCUT2D eigenvalue weighted by Gasteiger charge is -2.42. The molecule has 1 aromatic heterocycles. The van der Waals surface area contributed by atoms with Gasteiger partial charge in [0.1, 0.15) is 12.6 Å². The predicted octanol–water partition coefficient (Wildman–Crippen LogP) is 4.89. The normalized spacial score (nSPS) is 16.8. The first-order valence-electron chi connectivity index (χ1n) is 15.6. The zero-order chi connectivity index (χ0) is 29.9. The van der Waals surface area contributed by atoms with Gasteiger partial charge in [0.15, 0.2) is 0 Å². The average Bonchev–Trinajstić information content (AvgIpc) is 3.53. The smallest absolute Gasteiger partial charge is 0.408 e. The summed E-state index contributed by atoms with van der Waals surface area (Å²) in [5.74, 6) is -0.165. The second-order valence-corrected chi connectivity index (χ2v) is 12.0. The lowest BCUT2D eigenvalue weighted by Crippen LogP contribution is -2.54. The van der Waals surface area contributed by atoms with Crippen LogP contribution in [0.15, 0.2) is 73.2 Å². The van der Waals surface area contributed by atoms with Crippen LogP contribution in [0.3, 0.4) is 0 Å². The van der Waals surface area contributed by atoms with Gasteiger partial charge in [-0.05, 0) is 42.7 Å². The Labute approximate surface area is 253 Å². The molecule has 1 heterocycles. The summed E-state index contributed by atoms with van der Waals surface area (Å²) in [5.41, 5.74) is 2.68. The SMILES string of the molecule is O=C(CN(CC1CCCCC1)C(=O)[C@H](Cc1c[nH]cn1)NC(=O)OCc1ccccc1)NCC1(c2ccccc2)CCC1. The van der Waals surface area contributed by atoms with Gasteiger partial charge < -0.3 is 25.3 Å². The van der Waals surface area contributed by atoms with Crippen LogP contribution in [0.25, 0.3) is 0 Å². The molecule has 2 saturated carbocycles. The van der Waals surface area contributed by atoms with Crippen molar-refractivity contribution in [1.29, 1.82) is 0 Å². The summed E-state index contributed by atoms with van der Waals surface area (Å²) in [6.07, 6.45) is 11.4. The molecule has 0 spiro atoms. The molecule has 5 rings (SSSR count). The number of benzene rings is 2. The molecule has 228 valence electrons. The number of aromatic nitrogens is 2. The van der Waals surface area contributed by atoms with Crippen LogP contribution in [0.5, 0.6) is 0 Å². The minimum atomic E-state index is -0.926. The van der Waals surface area contributed by atoms with Gasteiger partial charge in [0.25, 0.3) is 0 Å². The number of carbonyl (C=O) groups is 3. The lowest BCUT2D eigenvalue weighted by atomic mass is 9.64. The van der Waals surface area contributed by atoms with Crippen molar-refractivity contribution >= 4 is 17.9 Å². The molecule has 0 saturated heterocycles. The van der Waals surface area contributed by atoms with Crippen LogP contribution in [-0.4, -0.2) is 58.5 Å². The largest absolute Gasteiger partial charge is 0.445 e. The maximum Gasteiger partial charge on any atom is 0.408 e. The molecule has 0 bridgehead atoms. The Balaban J connectivity index is 1.27. The number of nitrogens with one attached hydrogen (secondary N) is 3. The molecule has 2 aromatic carbocycles. The molecule has 0 radical (unpaired) electrons. The number of H-pyrrole nitrogens is 1. The maximum atomic E-state index is 14.1. The van der Waals surface area contributed by atoms with E-state index in [2.05, 4.69) is 32.7 Å². The third-order valence-electron chi connectivity index (χ3n) is 8.94. The monoisotopic (exact) mass is 585 g/mol. The minimum Gasteiger partial charge on any atom is -0.445 e. The Kier molecular flexibility index (Phi) is 10.5. The quantitative estimate of drug-likeness (QED) is 0.264. The van der Waals surface area contributed by atoms with E-state index in [1.807, 2.05) is 48.5 Å². The van der Waals surface area contributed by atoms with Crippen molar-refractivity contribution in [3.05, 3.63) is 90.0 Å². The number of alkyl carbamates (subject to hydrolysis) is 1. The van der Waals surface area contributed by atoms with Gasteiger partial charge in [-0.2, -0.15) is 0 Å². The topological polar surface area (TPSA) is 116 Å². The van der Waals surface area contributed by atoms with Crippen molar-refractivity contribution in [2.45, 2.75) is 75.9 Å². The first-order chi connectivity index (χ1) is 21.0. The molecule has 2 aliphatic carbocycles. The van der Waals surface area contributed by atoms with Gasteiger partial charge in [-0.15, -0.1) is 0 Å². The fourth-order valence-electron chi connectivity index (χ4n) is 6.31. The molecule has 43 heavy (non-hydrogen) atoms. The van der Waals surface area contributed by atoms with E-state index in [9.17, 15) is 14.4 Å². The number of nitrogens with zero attached hydrogens (tertiary/aromatic N) is 2. The predicted molar refractivity (Wildman–Crippen MR) is 164 cm³/mol. The third kappa shape index (κ3) is 8.46. The van der Waals surface area contributed by atoms with Gasteiger partial charge in [0, 0.05) is 31.1 Å². The van der Waals surface area contributed by atoms with Crippen molar-refractivity contribution in [3.8, 4) is 0 Å². The minimum absolute atomic E-state index is 0.0539. The fourth-order valence-corrected chi connectivity index (χ4v) is 6.31. The zero-order valence-electron chi connectivity index (χ0n) is 24.8. The van der Waals surface area contributed by atoms with E-state index in [0.717, 1.165) is 50.5 Å². The number of carbonyl (C=O) groups excluding carboxylic acids is 3. The number of ether oxygens (including phenoxy) is 1. The molecule has 3 amide bonds. The Morgan fingerprint density at radius 3 is 2.35 bits per heavy atom. The Hall–Kier alpha value is -4.14. The number of rotatable bonds is 13. The van der Waals surface area contributed by atoms with Crippen LogP contribution < -0.4 is 10.6 Å². The number of hydrogen-bond donors (Lipinski definition) is 3. The molecule has 9 nitrogen and oxygen atoms in total. The number of aromatic amines is 1. The van der Waals surface area contributed by atoms with Gasteiger partial charge in [-0.3, -0.25) is 9.59 Å². The van der Waals surface area contributed by atoms with E-state index < -0.39 is 12.1 Å². The highest BCUT2D eigenvalue weighted by atomic mass is 16.5. The highest BCUT2D eigenvalue weighted by molar-refractivity contribution is 5.89. The number of hydrogen-bond acceptors (Lipinski definition) is 5. The van der Waals surface area contributed by atoms with Crippen molar-refractivity contribution in [2.24, 2.45) is 5.92 Å². The lowest BCUT2D eigenvalue weighted by molar-refractivity contribution is -0.138. The summed E-state index contributed by atoms with van der Waals surface area (Å²) in [6.45, 7) is 1.06. The average molecular weight is 586 g/mol. The molecule has 3 N–H and O–H groups in total. The molecular formula is C34H43N5O4.